The predicted octanol–water partition coefficient (Wildman–Crippen LogP) is 4.33. The lowest BCUT2D eigenvalue weighted by molar-refractivity contribution is 0.396. The van der Waals surface area contributed by atoms with Crippen LogP contribution in [0, 0.1) is 20.8 Å². The van der Waals surface area contributed by atoms with Crippen molar-refractivity contribution in [1.82, 2.24) is 24.5 Å². The number of H-pyrrole nitrogens is 1. The van der Waals surface area contributed by atoms with Crippen LogP contribution in [-0.2, 0) is 0 Å². The molecule has 142 valence electrons. The number of hydrogen-bond acceptors (Lipinski definition) is 5. The van der Waals surface area contributed by atoms with E-state index in [-0.39, 0.29) is 0 Å². The first-order chi connectivity index (χ1) is 13.5. The van der Waals surface area contributed by atoms with Crippen molar-refractivity contribution in [3.8, 4) is 23.0 Å². The van der Waals surface area contributed by atoms with Gasteiger partial charge >= 0.3 is 0 Å². The van der Waals surface area contributed by atoms with E-state index in [0.717, 1.165) is 34.0 Å². The molecule has 4 aromatic rings. The zero-order chi connectivity index (χ0) is 19.7. The first-order valence-electron chi connectivity index (χ1n) is 8.99. The second-order valence-corrected chi connectivity index (χ2v) is 6.74. The zero-order valence-electron chi connectivity index (χ0n) is 16.3. The zero-order valence-corrected chi connectivity index (χ0v) is 16.3. The quantitative estimate of drug-likeness (QED) is 0.543. The molecule has 7 nitrogen and oxygen atoms in total. The normalized spacial score (nSPS) is 10.9. The predicted molar refractivity (Wildman–Crippen MR) is 109 cm³/mol. The van der Waals surface area contributed by atoms with Crippen molar-refractivity contribution in [3.63, 3.8) is 0 Å². The molecule has 7 heteroatoms. The summed E-state index contributed by atoms with van der Waals surface area (Å²) in [7, 11) is 1.61. The first-order valence-corrected chi connectivity index (χ1v) is 8.99. The van der Waals surface area contributed by atoms with Crippen molar-refractivity contribution >= 4 is 11.6 Å². The Balaban J connectivity index is 1.62. The van der Waals surface area contributed by atoms with Gasteiger partial charge in [-0.1, -0.05) is 12.1 Å². The molecule has 0 saturated heterocycles. The summed E-state index contributed by atoms with van der Waals surface area (Å²) < 4.78 is 7.39. The van der Waals surface area contributed by atoms with Gasteiger partial charge in [0.1, 0.15) is 5.69 Å². The number of benzene rings is 1. The van der Waals surface area contributed by atoms with Gasteiger partial charge in [0.05, 0.1) is 36.7 Å². The van der Waals surface area contributed by atoms with Crippen LogP contribution in [0.4, 0.5) is 11.6 Å². The van der Waals surface area contributed by atoms with Gasteiger partial charge in [0.25, 0.3) is 0 Å². The second-order valence-electron chi connectivity index (χ2n) is 6.74. The van der Waals surface area contributed by atoms with Crippen LogP contribution >= 0.6 is 0 Å². The van der Waals surface area contributed by atoms with E-state index in [9.17, 15) is 0 Å². The Hall–Kier alpha value is -3.61. The molecule has 0 aliphatic heterocycles. The molecule has 0 amide bonds. The van der Waals surface area contributed by atoms with Gasteiger partial charge in [-0.3, -0.25) is 0 Å². The highest BCUT2D eigenvalue weighted by atomic mass is 16.5. The molecule has 0 fully saturated rings. The molecule has 0 radical (unpaired) electrons. The second kappa shape index (κ2) is 7.19. The lowest BCUT2D eigenvalue weighted by atomic mass is 10.1. The molecule has 0 bridgehead atoms. The summed E-state index contributed by atoms with van der Waals surface area (Å²) in [5, 5.41) is 3.33. The van der Waals surface area contributed by atoms with Gasteiger partial charge in [0.15, 0.2) is 0 Å². The minimum absolute atomic E-state index is 0.522. The number of nitrogens with one attached hydrogen (secondary N) is 2. The summed E-state index contributed by atoms with van der Waals surface area (Å²) in [5.74, 6) is 1.19. The highest BCUT2D eigenvalue weighted by Crippen LogP contribution is 2.27. The van der Waals surface area contributed by atoms with E-state index < -0.39 is 0 Å². The third kappa shape index (κ3) is 3.46. The summed E-state index contributed by atoms with van der Waals surface area (Å²) in [5.41, 5.74) is 6.69. The van der Waals surface area contributed by atoms with Crippen molar-refractivity contribution < 1.29 is 4.74 Å². The third-order valence-electron chi connectivity index (χ3n) is 4.52. The van der Waals surface area contributed by atoms with E-state index in [1.54, 1.807) is 19.6 Å². The first kappa shape index (κ1) is 17.8. The molecule has 3 heterocycles. The fraction of sp³-hybridized carbons (Fsp3) is 0.190. The number of methoxy groups -OCH3 is 1. The van der Waals surface area contributed by atoms with Crippen LogP contribution in [0.2, 0.25) is 0 Å². The highest BCUT2D eigenvalue weighted by Gasteiger charge is 2.12. The molecule has 2 N–H and O–H groups in total. The number of hydrogen-bond donors (Lipinski definition) is 2. The largest absolute Gasteiger partial charge is 0.479 e. The fourth-order valence-corrected chi connectivity index (χ4v) is 3.00. The Morgan fingerprint density at radius 1 is 1.07 bits per heavy atom. The summed E-state index contributed by atoms with van der Waals surface area (Å²) in [6.45, 7) is 6.08. The van der Waals surface area contributed by atoms with Crippen LogP contribution in [0.25, 0.3) is 17.1 Å². The number of aryl methyl sites for hydroxylation is 3. The van der Waals surface area contributed by atoms with Crippen LogP contribution in [-0.4, -0.2) is 31.6 Å². The van der Waals surface area contributed by atoms with E-state index in [2.05, 4.69) is 57.3 Å². The van der Waals surface area contributed by atoms with Crippen molar-refractivity contribution in [2.45, 2.75) is 20.8 Å². The van der Waals surface area contributed by atoms with Crippen LogP contribution in [0.1, 0.15) is 16.8 Å². The number of ether oxygens (including phenoxy) is 1. The van der Waals surface area contributed by atoms with Gasteiger partial charge in [-0.15, -0.1) is 0 Å². The molecule has 0 aliphatic carbocycles. The van der Waals surface area contributed by atoms with E-state index in [0.29, 0.717) is 11.8 Å². The van der Waals surface area contributed by atoms with Crippen LogP contribution in [0.3, 0.4) is 0 Å². The van der Waals surface area contributed by atoms with Gasteiger partial charge in [0.2, 0.25) is 11.8 Å². The molecule has 0 atom stereocenters. The molecular formula is C21H22N6O. The van der Waals surface area contributed by atoms with E-state index in [1.165, 1.54) is 5.56 Å². The van der Waals surface area contributed by atoms with Gasteiger partial charge in [0, 0.05) is 11.9 Å². The van der Waals surface area contributed by atoms with E-state index in [1.807, 2.05) is 29.8 Å². The monoisotopic (exact) mass is 374 g/mol. The Morgan fingerprint density at radius 2 is 1.93 bits per heavy atom. The molecule has 4 rings (SSSR count). The maximum Gasteiger partial charge on any atom is 0.238 e. The lowest BCUT2D eigenvalue weighted by Gasteiger charge is -2.09. The number of nitrogens with zero attached hydrogens (tertiary/aromatic N) is 4. The van der Waals surface area contributed by atoms with Gasteiger partial charge in [-0.25, -0.2) is 15.0 Å². The number of imidazole rings is 2. The number of pyridine rings is 1. The smallest absolute Gasteiger partial charge is 0.238 e. The molecule has 0 unspecified atom stereocenters. The minimum atomic E-state index is 0.522. The Kier molecular flexibility index (Phi) is 4.57. The maximum atomic E-state index is 5.49. The maximum absolute atomic E-state index is 5.49. The third-order valence-corrected chi connectivity index (χ3v) is 4.52. The Morgan fingerprint density at radius 3 is 2.68 bits per heavy atom. The summed E-state index contributed by atoms with van der Waals surface area (Å²) >= 11 is 0. The number of rotatable bonds is 5. The van der Waals surface area contributed by atoms with Crippen LogP contribution in [0.5, 0.6) is 5.88 Å². The summed E-state index contributed by atoms with van der Waals surface area (Å²) in [6, 6.07) is 10.2. The molecule has 1 aromatic carbocycles. The van der Waals surface area contributed by atoms with Crippen molar-refractivity contribution in [3.05, 3.63) is 65.9 Å². The minimum Gasteiger partial charge on any atom is -0.479 e. The van der Waals surface area contributed by atoms with Gasteiger partial charge < -0.3 is 19.6 Å². The van der Waals surface area contributed by atoms with Crippen molar-refractivity contribution in [2.75, 3.05) is 12.4 Å². The molecule has 3 aromatic heterocycles. The SMILES string of the molecule is COc1nc(-c2cnc(Nc3cc(C)ccc3C)[nH]2)ccc1-n1cnc(C)c1. The van der Waals surface area contributed by atoms with Gasteiger partial charge in [-0.05, 0) is 50.1 Å². The fourth-order valence-electron chi connectivity index (χ4n) is 3.00. The average Bonchev–Trinajstić information content (AvgIpc) is 3.33. The molecular weight excluding hydrogens is 352 g/mol. The number of aromatic nitrogens is 5. The van der Waals surface area contributed by atoms with Gasteiger partial charge in [-0.2, -0.15) is 0 Å². The number of aromatic amines is 1. The Bertz CT molecular complexity index is 1130. The average molecular weight is 374 g/mol. The van der Waals surface area contributed by atoms with Crippen LogP contribution < -0.4 is 10.1 Å². The topological polar surface area (TPSA) is 80.7 Å². The number of anilines is 2. The van der Waals surface area contributed by atoms with Crippen molar-refractivity contribution in [1.29, 1.82) is 0 Å². The molecule has 0 saturated carbocycles. The van der Waals surface area contributed by atoms with E-state index >= 15 is 0 Å². The molecule has 0 spiro atoms. The summed E-state index contributed by atoms with van der Waals surface area (Å²) in [4.78, 5) is 16.6. The Labute approximate surface area is 163 Å². The molecule has 0 aliphatic rings. The summed E-state index contributed by atoms with van der Waals surface area (Å²) in [6.07, 6.45) is 5.44. The highest BCUT2D eigenvalue weighted by molar-refractivity contribution is 5.64. The van der Waals surface area contributed by atoms with Crippen molar-refractivity contribution in [2.24, 2.45) is 0 Å². The molecule has 28 heavy (non-hydrogen) atoms. The lowest BCUT2D eigenvalue weighted by Crippen LogP contribution is -1.99. The van der Waals surface area contributed by atoms with E-state index in [4.69, 9.17) is 4.74 Å². The standard InChI is InChI=1S/C21H22N6O/c1-13-5-6-14(2)17(9-13)25-21-22-10-18(26-21)16-7-8-19(20(24-16)28-4)27-11-15(3)23-12-27/h5-12H,1-4H3,(H2,22,25,26). The van der Waals surface area contributed by atoms with Crippen LogP contribution in [0.15, 0.2) is 49.1 Å².